The predicted molar refractivity (Wildman–Crippen MR) is 128 cm³/mol. The van der Waals surface area contributed by atoms with Gasteiger partial charge in [-0.1, -0.05) is 47.7 Å². The molecule has 2 heterocycles. The number of carbonyl (C=O) groups excluding carboxylic acids is 2. The van der Waals surface area contributed by atoms with Crippen LogP contribution >= 0.6 is 24.0 Å². The number of thiocarbonyl (C=S) groups is 1. The number of benzene rings is 2. The van der Waals surface area contributed by atoms with Gasteiger partial charge in [-0.15, -0.1) is 0 Å². The van der Waals surface area contributed by atoms with Crippen LogP contribution in [0.4, 0.5) is 0 Å². The molecule has 2 aromatic carbocycles. The molecule has 2 aromatic rings. The van der Waals surface area contributed by atoms with Crippen molar-refractivity contribution in [3.63, 3.8) is 0 Å². The van der Waals surface area contributed by atoms with E-state index >= 15 is 0 Å². The highest BCUT2D eigenvalue weighted by Gasteiger charge is 2.34. The van der Waals surface area contributed by atoms with Crippen LogP contribution in [0.1, 0.15) is 34.3 Å². The largest absolute Gasteiger partial charge is 0.493 e. The first kappa shape index (κ1) is 22.5. The molecule has 0 saturated carbocycles. The van der Waals surface area contributed by atoms with Crippen molar-refractivity contribution in [3.8, 4) is 11.5 Å². The second-order valence-electron chi connectivity index (χ2n) is 7.59. The van der Waals surface area contributed by atoms with Crippen molar-refractivity contribution in [2.45, 2.75) is 25.9 Å². The SMILES string of the molecule is COc1cc(/C=C2/SC(=S)N(C[C@@H]3CCCO3)C2=O)ccc1OC(=O)c1ccc(C)cc1. The summed E-state index contributed by atoms with van der Waals surface area (Å²) in [6.45, 7) is 3.17. The number of methoxy groups -OCH3 is 1. The summed E-state index contributed by atoms with van der Waals surface area (Å²) in [4.78, 5) is 27.4. The molecule has 0 N–H and O–H groups in total. The van der Waals surface area contributed by atoms with E-state index in [-0.39, 0.29) is 12.0 Å². The minimum absolute atomic E-state index is 0.0412. The van der Waals surface area contributed by atoms with E-state index in [9.17, 15) is 9.59 Å². The minimum Gasteiger partial charge on any atom is -0.493 e. The number of hydrogen-bond acceptors (Lipinski definition) is 7. The van der Waals surface area contributed by atoms with Gasteiger partial charge in [-0.25, -0.2) is 4.79 Å². The van der Waals surface area contributed by atoms with E-state index in [0.717, 1.165) is 30.6 Å². The second-order valence-corrected chi connectivity index (χ2v) is 9.27. The van der Waals surface area contributed by atoms with E-state index in [1.54, 1.807) is 41.3 Å². The van der Waals surface area contributed by atoms with E-state index in [4.69, 9.17) is 26.4 Å². The van der Waals surface area contributed by atoms with Gasteiger partial charge in [-0.05, 0) is 55.7 Å². The summed E-state index contributed by atoms with van der Waals surface area (Å²) in [5.41, 5.74) is 2.26. The van der Waals surface area contributed by atoms with Crippen LogP contribution in [0, 0.1) is 6.92 Å². The number of carbonyl (C=O) groups is 2. The molecule has 1 amide bonds. The lowest BCUT2D eigenvalue weighted by Gasteiger charge is -2.18. The smallest absolute Gasteiger partial charge is 0.343 e. The molecule has 166 valence electrons. The highest BCUT2D eigenvalue weighted by atomic mass is 32.2. The van der Waals surface area contributed by atoms with Gasteiger partial charge in [0.25, 0.3) is 5.91 Å². The lowest BCUT2D eigenvalue weighted by molar-refractivity contribution is -0.123. The summed E-state index contributed by atoms with van der Waals surface area (Å²) in [5, 5.41) is 0. The molecule has 2 fully saturated rings. The number of ether oxygens (including phenoxy) is 3. The molecule has 32 heavy (non-hydrogen) atoms. The van der Waals surface area contributed by atoms with Crippen molar-refractivity contribution < 1.29 is 23.8 Å². The average molecular weight is 470 g/mol. The zero-order valence-electron chi connectivity index (χ0n) is 17.8. The summed E-state index contributed by atoms with van der Waals surface area (Å²) in [7, 11) is 1.50. The quantitative estimate of drug-likeness (QED) is 0.265. The number of esters is 1. The molecule has 0 bridgehead atoms. The van der Waals surface area contributed by atoms with Gasteiger partial charge in [0.05, 0.1) is 30.2 Å². The van der Waals surface area contributed by atoms with Crippen molar-refractivity contribution in [1.82, 2.24) is 4.90 Å². The lowest BCUT2D eigenvalue weighted by atomic mass is 10.1. The van der Waals surface area contributed by atoms with E-state index in [2.05, 4.69) is 0 Å². The molecule has 0 spiro atoms. The Kier molecular flexibility index (Phi) is 6.93. The fourth-order valence-corrected chi connectivity index (χ4v) is 4.78. The zero-order chi connectivity index (χ0) is 22.7. The predicted octanol–water partition coefficient (Wildman–Crippen LogP) is 4.60. The number of hydrogen-bond donors (Lipinski definition) is 0. The van der Waals surface area contributed by atoms with Crippen molar-refractivity contribution in [2.75, 3.05) is 20.3 Å². The summed E-state index contributed by atoms with van der Waals surface area (Å²) >= 11 is 6.68. The maximum absolute atomic E-state index is 12.8. The number of aryl methyl sites for hydroxylation is 1. The number of thioether (sulfide) groups is 1. The van der Waals surface area contributed by atoms with Crippen LogP contribution in [-0.4, -0.2) is 47.5 Å². The van der Waals surface area contributed by atoms with Crippen molar-refractivity contribution >= 4 is 46.3 Å². The maximum atomic E-state index is 12.8. The highest BCUT2D eigenvalue weighted by Crippen LogP contribution is 2.35. The summed E-state index contributed by atoms with van der Waals surface area (Å²) in [5.74, 6) is 0.116. The zero-order valence-corrected chi connectivity index (χ0v) is 19.5. The van der Waals surface area contributed by atoms with Crippen LogP contribution in [-0.2, 0) is 9.53 Å². The Morgan fingerprint density at radius 1 is 1.25 bits per heavy atom. The summed E-state index contributed by atoms with van der Waals surface area (Å²) in [6, 6.07) is 12.3. The molecule has 0 radical (unpaired) electrons. The molecular formula is C24H23NO5S2. The van der Waals surface area contributed by atoms with Crippen LogP contribution in [0.25, 0.3) is 6.08 Å². The molecule has 0 aromatic heterocycles. The van der Waals surface area contributed by atoms with Crippen molar-refractivity contribution in [2.24, 2.45) is 0 Å². The highest BCUT2D eigenvalue weighted by molar-refractivity contribution is 8.26. The standard InChI is InChI=1S/C24H23NO5S2/c1-15-5-8-17(9-6-15)23(27)30-19-10-7-16(12-20(19)28-2)13-21-22(26)25(24(31)32-21)14-18-4-3-11-29-18/h5-10,12-13,18H,3-4,11,14H2,1-2H3/b21-13+/t18-/m0/s1. The monoisotopic (exact) mass is 469 g/mol. The Labute approximate surface area is 196 Å². The Morgan fingerprint density at radius 2 is 2.03 bits per heavy atom. The Balaban J connectivity index is 1.49. The van der Waals surface area contributed by atoms with Gasteiger partial charge in [0, 0.05) is 6.61 Å². The Bertz CT molecular complexity index is 1070. The number of nitrogens with zero attached hydrogens (tertiary/aromatic N) is 1. The summed E-state index contributed by atoms with van der Waals surface area (Å²) < 4.78 is 17.1. The molecule has 6 nitrogen and oxygen atoms in total. The van der Waals surface area contributed by atoms with Crippen LogP contribution in [0.5, 0.6) is 11.5 Å². The van der Waals surface area contributed by atoms with Gasteiger partial charge in [0.1, 0.15) is 4.32 Å². The fraction of sp³-hybridized carbons (Fsp3) is 0.292. The van der Waals surface area contributed by atoms with Crippen LogP contribution in [0.2, 0.25) is 0 Å². The molecule has 0 aliphatic carbocycles. The van der Waals surface area contributed by atoms with E-state index in [0.29, 0.717) is 32.8 Å². The molecule has 4 rings (SSSR count). The molecule has 2 aliphatic rings. The maximum Gasteiger partial charge on any atom is 0.343 e. The van der Waals surface area contributed by atoms with Gasteiger partial charge in [-0.2, -0.15) is 0 Å². The fourth-order valence-electron chi connectivity index (χ4n) is 3.51. The summed E-state index contributed by atoms with van der Waals surface area (Å²) in [6.07, 6.45) is 3.76. The van der Waals surface area contributed by atoms with Crippen LogP contribution < -0.4 is 9.47 Å². The van der Waals surface area contributed by atoms with Gasteiger partial charge in [0.2, 0.25) is 0 Å². The molecular weight excluding hydrogens is 446 g/mol. The average Bonchev–Trinajstić information content (AvgIpc) is 3.39. The third kappa shape index (κ3) is 5.03. The normalized spacial score (nSPS) is 19.6. The third-order valence-corrected chi connectivity index (χ3v) is 6.64. The minimum atomic E-state index is -0.467. The van der Waals surface area contributed by atoms with E-state index in [1.807, 2.05) is 19.1 Å². The van der Waals surface area contributed by atoms with Crippen LogP contribution in [0.15, 0.2) is 47.4 Å². The number of amides is 1. The molecule has 0 unspecified atom stereocenters. The van der Waals surface area contributed by atoms with E-state index < -0.39 is 5.97 Å². The third-order valence-electron chi connectivity index (χ3n) is 5.26. The molecule has 2 saturated heterocycles. The number of rotatable bonds is 6. The van der Waals surface area contributed by atoms with E-state index in [1.165, 1.54) is 18.9 Å². The molecule has 1 atom stereocenters. The first-order valence-corrected chi connectivity index (χ1v) is 11.5. The van der Waals surface area contributed by atoms with Crippen LogP contribution in [0.3, 0.4) is 0 Å². The Morgan fingerprint density at radius 3 is 2.72 bits per heavy atom. The Hall–Kier alpha value is -2.68. The second kappa shape index (κ2) is 9.85. The molecule has 2 aliphatic heterocycles. The topological polar surface area (TPSA) is 65.1 Å². The first-order valence-electron chi connectivity index (χ1n) is 10.3. The first-order chi connectivity index (χ1) is 15.4. The van der Waals surface area contributed by atoms with Gasteiger partial charge in [0.15, 0.2) is 11.5 Å². The van der Waals surface area contributed by atoms with Gasteiger partial charge >= 0.3 is 5.97 Å². The van der Waals surface area contributed by atoms with Gasteiger partial charge in [-0.3, -0.25) is 9.69 Å². The molecule has 8 heteroatoms. The van der Waals surface area contributed by atoms with Crippen molar-refractivity contribution in [3.05, 3.63) is 64.1 Å². The lowest BCUT2D eigenvalue weighted by Crippen LogP contribution is -2.35. The van der Waals surface area contributed by atoms with Crippen molar-refractivity contribution in [1.29, 1.82) is 0 Å². The van der Waals surface area contributed by atoms with Gasteiger partial charge < -0.3 is 14.2 Å².